The van der Waals surface area contributed by atoms with Crippen LogP contribution in [0.25, 0.3) is 0 Å². The highest BCUT2D eigenvalue weighted by Gasteiger charge is 2.35. The quantitative estimate of drug-likeness (QED) is 0.773. The Morgan fingerprint density at radius 2 is 2.44 bits per heavy atom. The SMILES string of the molecule is CNC1(C#N)CCCC(SC(C)CCO)C1. The van der Waals surface area contributed by atoms with E-state index in [9.17, 15) is 5.26 Å². The Bertz CT molecular complexity index is 254. The van der Waals surface area contributed by atoms with E-state index in [0.29, 0.717) is 10.5 Å². The second-order valence-electron chi connectivity index (χ2n) is 4.62. The van der Waals surface area contributed by atoms with Gasteiger partial charge in [-0.05, 0) is 39.2 Å². The van der Waals surface area contributed by atoms with Crippen LogP contribution in [0.5, 0.6) is 0 Å². The summed E-state index contributed by atoms with van der Waals surface area (Å²) in [7, 11) is 1.88. The monoisotopic (exact) mass is 242 g/mol. The van der Waals surface area contributed by atoms with E-state index in [2.05, 4.69) is 18.3 Å². The van der Waals surface area contributed by atoms with Gasteiger partial charge in [0.1, 0.15) is 5.54 Å². The van der Waals surface area contributed by atoms with Gasteiger partial charge in [-0.15, -0.1) is 0 Å². The summed E-state index contributed by atoms with van der Waals surface area (Å²) in [6.45, 7) is 2.42. The number of nitrogens with zero attached hydrogens (tertiary/aromatic N) is 1. The van der Waals surface area contributed by atoms with Crippen LogP contribution in [0.4, 0.5) is 0 Å². The van der Waals surface area contributed by atoms with Crippen LogP contribution in [0.3, 0.4) is 0 Å². The van der Waals surface area contributed by atoms with E-state index in [1.165, 1.54) is 6.42 Å². The van der Waals surface area contributed by atoms with Gasteiger partial charge in [0.05, 0.1) is 6.07 Å². The highest BCUT2D eigenvalue weighted by Crippen LogP contribution is 2.36. The molecule has 1 saturated carbocycles. The topological polar surface area (TPSA) is 56.0 Å². The maximum atomic E-state index is 9.24. The Kier molecular flexibility index (Phi) is 5.60. The first-order chi connectivity index (χ1) is 7.65. The lowest BCUT2D eigenvalue weighted by Gasteiger charge is -2.36. The fraction of sp³-hybridized carbons (Fsp3) is 0.917. The van der Waals surface area contributed by atoms with Crippen LogP contribution in [0.1, 0.15) is 39.0 Å². The first kappa shape index (κ1) is 13.8. The van der Waals surface area contributed by atoms with Crippen LogP contribution >= 0.6 is 11.8 Å². The van der Waals surface area contributed by atoms with Gasteiger partial charge < -0.3 is 10.4 Å². The minimum absolute atomic E-state index is 0.260. The molecule has 0 amide bonds. The molecule has 3 nitrogen and oxygen atoms in total. The number of hydrogen-bond acceptors (Lipinski definition) is 4. The number of aliphatic hydroxyl groups is 1. The minimum atomic E-state index is -0.311. The molecule has 3 atom stereocenters. The van der Waals surface area contributed by atoms with E-state index >= 15 is 0 Å². The molecule has 1 aliphatic rings. The van der Waals surface area contributed by atoms with Crippen LogP contribution in [0.2, 0.25) is 0 Å². The highest BCUT2D eigenvalue weighted by molar-refractivity contribution is 8.00. The van der Waals surface area contributed by atoms with Crippen molar-refractivity contribution in [3.8, 4) is 6.07 Å². The van der Waals surface area contributed by atoms with Crippen LogP contribution in [-0.4, -0.2) is 34.8 Å². The molecule has 0 saturated heterocycles. The van der Waals surface area contributed by atoms with Crippen molar-refractivity contribution in [3.05, 3.63) is 0 Å². The first-order valence-electron chi connectivity index (χ1n) is 6.02. The second-order valence-corrected chi connectivity index (χ2v) is 6.36. The maximum absolute atomic E-state index is 9.24. The summed E-state index contributed by atoms with van der Waals surface area (Å²) in [4.78, 5) is 0. The summed E-state index contributed by atoms with van der Waals surface area (Å²) in [5.41, 5.74) is -0.311. The van der Waals surface area contributed by atoms with Gasteiger partial charge in [0.25, 0.3) is 0 Å². The zero-order valence-electron chi connectivity index (χ0n) is 10.2. The van der Waals surface area contributed by atoms with Gasteiger partial charge in [-0.1, -0.05) is 6.92 Å². The van der Waals surface area contributed by atoms with Gasteiger partial charge >= 0.3 is 0 Å². The molecule has 16 heavy (non-hydrogen) atoms. The molecule has 2 N–H and O–H groups in total. The van der Waals surface area contributed by atoms with Crippen molar-refractivity contribution in [2.75, 3.05) is 13.7 Å². The molecule has 0 aromatic heterocycles. The molecule has 0 spiro atoms. The molecule has 1 aliphatic carbocycles. The van der Waals surface area contributed by atoms with Crippen molar-refractivity contribution in [3.63, 3.8) is 0 Å². The van der Waals surface area contributed by atoms with E-state index in [0.717, 1.165) is 25.7 Å². The van der Waals surface area contributed by atoms with E-state index in [1.807, 2.05) is 18.8 Å². The van der Waals surface area contributed by atoms with Gasteiger partial charge in [0, 0.05) is 17.1 Å². The Balaban J connectivity index is 2.48. The highest BCUT2D eigenvalue weighted by atomic mass is 32.2. The third kappa shape index (κ3) is 3.65. The summed E-state index contributed by atoms with van der Waals surface area (Å²) < 4.78 is 0. The lowest BCUT2D eigenvalue weighted by molar-refractivity contribution is 0.288. The second kappa shape index (κ2) is 6.48. The number of nitriles is 1. The van der Waals surface area contributed by atoms with Crippen molar-refractivity contribution in [2.24, 2.45) is 0 Å². The third-order valence-corrected chi connectivity index (χ3v) is 4.85. The van der Waals surface area contributed by atoms with Crippen molar-refractivity contribution < 1.29 is 5.11 Å². The lowest BCUT2D eigenvalue weighted by Crippen LogP contribution is -2.46. The van der Waals surface area contributed by atoms with Crippen molar-refractivity contribution >= 4 is 11.8 Å². The summed E-state index contributed by atoms with van der Waals surface area (Å²) in [6.07, 6.45) is 5.07. The molecule has 1 fully saturated rings. The molecule has 0 bridgehead atoms. The zero-order chi connectivity index (χ0) is 12.0. The molecule has 1 rings (SSSR count). The summed E-state index contributed by atoms with van der Waals surface area (Å²) in [5.74, 6) is 0. The van der Waals surface area contributed by atoms with E-state index < -0.39 is 0 Å². The molecule has 3 unspecified atom stereocenters. The standard InChI is InChI=1S/C12H22N2OS/c1-10(5-7-15)16-11-4-3-6-12(8-11,9-13)14-2/h10-11,14-15H,3-8H2,1-2H3. The van der Waals surface area contributed by atoms with Crippen LogP contribution < -0.4 is 5.32 Å². The third-order valence-electron chi connectivity index (χ3n) is 3.36. The van der Waals surface area contributed by atoms with Gasteiger partial charge in [-0.25, -0.2) is 0 Å². The van der Waals surface area contributed by atoms with Gasteiger partial charge in [0.15, 0.2) is 0 Å². The Morgan fingerprint density at radius 3 is 3.00 bits per heavy atom. The lowest BCUT2D eigenvalue weighted by atomic mass is 9.83. The predicted octanol–water partition coefficient (Wildman–Crippen LogP) is 1.91. The Morgan fingerprint density at radius 1 is 1.69 bits per heavy atom. The molecular formula is C12H22N2OS. The van der Waals surface area contributed by atoms with E-state index in [4.69, 9.17) is 5.11 Å². The molecule has 0 aromatic rings. The Hall–Kier alpha value is -0.240. The molecule has 0 heterocycles. The number of hydrogen-bond donors (Lipinski definition) is 2. The molecule has 0 aliphatic heterocycles. The van der Waals surface area contributed by atoms with Gasteiger partial charge in [-0.2, -0.15) is 17.0 Å². The van der Waals surface area contributed by atoms with Gasteiger partial charge in [0.2, 0.25) is 0 Å². The summed E-state index contributed by atoms with van der Waals surface area (Å²) in [5, 5.41) is 22.3. The van der Waals surface area contributed by atoms with Crippen molar-refractivity contribution in [2.45, 2.75) is 55.1 Å². The summed E-state index contributed by atoms with van der Waals surface area (Å²) >= 11 is 1.93. The smallest absolute Gasteiger partial charge is 0.107 e. The number of thioether (sulfide) groups is 1. The number of nitrogens with one attached hydrogen (secondary N) is 1. The maximum Gasteiger partial charge on any atom is 0.107 e. The van der Waals surface area contributed by atoms with Crippen LogP contribution in [-0.2, 0) is 0 Å². The zero-order valence-corrected chi connectivity index (χ0v) is 11.0. The van der Waals surface area contributed by atoms with Crippen molar-refractivity contribution in [1.29, 1.82) is 5.26 Å². The summed E-state index contributed by atoms with van der Waals surface area (Å²) in [6, 6.07) is 2.43. The predicted molar refractivity (Wildman–Crippen MR) is 68.4 cm³/mol. The average Bonchev–Trinajstić information content (AvgIpc) is 2.29. The fourth-order valence-corrected chi connectivity index (χ4v) is 3.89. The number of rotatable bonds is 5. The molecular weight excluding hydrogens is 220 g/mol. The largest absolute Gasteiger partial charge is 0.396 e. The van der Waals surface area contributed by atoms with Crippen LogP contribution in [0.15, 0.2) is 0 Å². The van der Waals surface area contributed by atoms with Gasteiger partial charge in [-0.3, -0.25) is 0 Å². The first-order valence-corrected chi connectivity index (χ1v) is 6.96. The molecule has 0 aromatic carbocycles. The number of aliphatic hydroxyl groups excluding tert-OH is 1. The Labute approximate surface area is 103 Å². The molecule has 4 heteroatoms. The van der Waals surface area contributed by atoms with E-state index in [-0.39, 0.29) is 12.1 Å². The molecule has 0 radical (unpaired) electrons. The van der Waals surface area contributed by atoms with Crippen LogP contribution in [0, 0.1) is 11.3 Å². The van der Waals surface area contributed by atoms with Crippen molar-refractivity contribution in [1.82, 2.24) is 5.32 Å². The van der Waals surface area contributed by atoms with E-state index in [1.54, 1.807) is 0 Å². The normalized spacial score (nSPS) is 32.0. The average molecular weight is 242 g/mol. The molecule has 92 valence electrons. The minimum Gasteiger partial charge on any atom is -0.396 e. The fourth-order valence-electron chi connectivity index (χ4n) is 2.30.